The van der Waals surface area contributed by atoms with Gasteiger partial charge in [-0.15, -0.1) is 0 Å². The Hall–Kier alpha value is -2.75. The summed E-state index contributed by atoms with van der Waals surface area (Å²) >= 11 is 0. The molecule has 0 aliphatic heterocycles. The van der Waals surface area contributed by atoms with Crippen molar-refractivity contribution in [3.05, 3.63) is 12.5 Å². The molecule has 0 saturated heterocycles. The maximum Gasteiger partial charge on any atom is 0.323 e. The summed E-state index contributed by atoms with van der Waals surface area (Å²) in [6.45, 7) is 6.65. The number of nitrogen functional groups attached to an aromatic ring is 1. The first-order valence-corrected chi connectivity index (χ1v) is 13.9. The van der Waals surface area contributed by atoms with E-state index in [0.717, 1.165) is 19.3 Å². The number of nitrogens with two attached hydrogens (primary N) is 2. The largest absolute Gasteiger partial charge is 0.466 e. The summed E-state index contributed by atoms with van der Waals surface area (Å²) in [4.78, 5) is 37.2. The Morgan fingerprint density at radius 2 is 1.68 bits per heavy atom. The van der Waals surface area contributed by atoms with Gasteiger partial charge in [-0.05, 0) is 12.3 Å². The minimum atomic E-state index is -0.710. The first-order valence-electron chi connectivity index (χ1n) is 13.9. The van der Waals surface area contributed by atoms with E-state index in [1.807, 2.05) is 18.4 Å². The Morgan fingerprint density at radius 1 is 1.00 bits per heavy atom. The van der Waals surface area contributed by atoms with E-state index in [-0.39, 0.29) is 24.4 Å². The summed E-state index contributed by atoms with van der Waals surface area (Å²) in [6.07, 6.45) is 14.8. The smallest absolute Gasteiger partial charge is 0.323 e. The van der Waals surface area contributed by atoms with Gasteiger partial charge in [-0.1, -0.05) is 72.1 Å². The van der Waals surface area contributed by atoms with Crippen LogP contribution in [0.4, 0.5) is 5.95 Å². The Kier molecular flexibility index (Phi) is 13.9. The number of anilines is 1. The lowest BCUT2D eigenvalue weighted by molar-refractivity contribution is -0.154. The fourth-order valence-electron chi connectivity index (χ4n) is 4.05. The zero-order chi connectivity index (χ0) is 27.0. The van der Waals surface area contributed by atoms with Gasteiger partial charge in [0.25, 0.3) is 0 Å². The number of imidazole rings is 1. The van der Waals surface area contributed by atoms with Crippen LogP contribution in [-0.4, -0.2) is 50.2 Å². The quantitative estimate of drug-likeness (QED) is 0.202. The molecule has 2 atom stereocenters. The summed E-state index contributed by atoms with van der Waals surface area (Å²) in [6, 6.07) is -0.710. The van der Waals surface area contributed by atoms with Gasteiger partial charge in [-0.3, -0.25) is 9.59 Å². The molecule has 1 unspecified atom stereocenters. The Morgan fingerprint density at radius 3 is 2.35 bits per heavy atom. The molecule has 2 rings (SSSR count). The van der Waals surface area contributed by atoms with Crippen molar-refractivity contribution in [3.8, 4) is 0 Å². The van der Waals surface area contributed by atoms with Crippen LogP contribution in [0.15, 0.2) is 12.5 Å². The van der Waals surface area contributed by atoms with E-state index in [2.05, 4.69) is 21.9 Å². The number of nitrogens with zero attached hydrogens (tertiary/aromatic N) is 4. The number of fused-ring (bicyclic) bond motifs is 1. The Labute approximate surface area is 220 Å². The van der Waals surface area contributed by atoms with Crippen molar-refractivity contribution < 1.29 is 19.1 Å². The van der Waals surface area contributed by atoms with Crippen LogP contribution >= 0.6 is 0 Å². The zero-order valence-corrected chi connectivity index (χ0v) is 22.9. The van der Waals surface area contributed by atoms with Gasteiger partial charge in [0.2, 0.25) is 5.95 Å². The third-order valence-electron chi connectivity index (χ3n) is 6.53. The van der Waals surface area contributed by atoms with Crippen molar-refractivity contribution in [1.82, 2.24) is 19.5 Å². The molecule has 0 aliphatic carbocycles. The van der Waals surface area contributed by atoms with E-state index in [4.69, 9.17) is 20.9 Å². The lowest BCUT2D eigenvalue weighted by Gasteiger charge is -2.22. The minimum Gasteiger partial charge on any atom is -0.466 e. The van der Waals surface area contributed by atoms with Crippen molar-refractivity contribution in [2.45, 2.75) is 117 Å². The first kappa shape index (κ1) is 30.5. The van der Waals surface area contributed by atoms with Crippen molar-refractivity contribution in [2.24, 2.45) is 11.7 Å². The van der Waals surface area contributed by atoms with Crippen LogP contribution < -0.4 is 11.5 Å². The summed E-state index contributed by atoms with van der Waals surface area (Å²) in [5.74, 6) is -0.540. The number of aromatic nitrogens is 4. The van der Waals surface area contributed by atoms with Gasteiger partial charge < -0.3 is 25.5 Å². The zero-order valence-electron chi connectivity index (χ0n) is 22.9. The third-order valence-corrected chi connectivity index (χ3v) is 6.53. The number of aryl methyl sites for hydroxylation is 1. The highest BCUT2D eigenvalue weighted by atomic mass is 16.6. The highest BCUT2D eigenvalue weighted by molar-refractivity contribution is 5.76. The van der Waals surface area contributed by atoms with E-state index in [1.165, 1.54) is 38.5 Å². The van der Waals surface area contributed by atoms with Crippen LogP contribution in [0.2, 0.25) is 0 Å². The van der Waals surface area contributed by atoms with E-state index < -0.39 is 18.1 Å². The number of hydrogen-bond acceptors (Lipinski definition) is 9. The molecule has 37 heavy (non-hydrogen) atoms. The fraction of sp³-hybridized carbons (Fsp3) is 0.741. The molecular formula is C27H46N6O4. The molecule has 0 fully saturated rings. The van der Waals surface area contributed by atoms with Gasteiger partial charge in [-0.2, -0.15) is 4.98 Å². The molecule has 10 heteroatoms. The SMILES string of the molecule is CCCCCCCCCCCC(=O)OCCC(CCn1cnc2cnc(N)nc21)OC(=O)[C@@H](N)C(C)C. The molecule has 208 valence electrons. The number of ether oxygens (including phenoxy) is 2. The molecule has 2 aromatic rings. The molecule has 0 spiro atoms. The second kappa shape index (κ2) is 16.9. The van der Waals surface area contributed by atoms with E-state index in [1.54, 1.807) is 12.5 Å². The van der Waals surface area contributed by atoms with Crippen molar-refractivity contribution in [2.75, 3.05) is 12.3 Å². The maximum absolute atomic E-state index is 12.5. The molecule has 0 amide bonds. The van der Waals surface area contributed by atoms with Crippen LogP contribution in [0.1, 0.15) is 97.8 Å². The number of rotatable bonds is 19. The fourth-order valence-corrected chi connectivity index (χ4v) is 4.05. The second-order valence-corrected chi connectivity index (χ2v) is 10.1. The molecule has 0 saturated carbocycles. The standard InChI is InChI=1S/C27H46N6O4/c1-4-5-6-7-8-9-10-11-12-13-23(34)36-17-15-21(37-26(35)24(28)20(2)3)14-16-33-19-31-22-18-30-27(29)32-25(22)33/h18-21,24H,4-17,28H2,1-3H3,(H2,29,30,32)/t21?,24-/m0/s1. The number of carbonyl (C=O) groups excluding carboxylic acids is 2. The molecule has 0 aliphatic rings. The molecular weight excluding hydrogens is 472 g/mol. The predicted octanol–water partition coefficient (Wildman–Crippen LogP) is 4.55. The molecule has 0 aromatic carbocycles. The summed E-state index contributed by atoms with van der Waals surface area (Å²) in [5, 5.41) is 0. The highest BCUT2D eigenvalue weighted by Crippen LogP contribution is 2.15. The first-order chi connectivity index (χ1) is 17.8. The normalized spacial score (nSPS) is 13.1. The summed E-state index contributed by atoms with van der Waals surface area (Å²) in [5.41, 5.74) is 12.9. The Bertz CT molecular complexity index is 948. The number of esters is 2. The van der Waals surface area contributed by atoms with Crippen molar-refractivity contribution in [3.63, 3.8) is 0 Å². The van der Waals surface area contributed by atoms with E-state index in [9.17, 15) is 9.59 Å². The highest BCUT2D eigenvalue weighted by Gasteiger charge is 2.23. The van der Waals surface area contributed by atoms with Crippen LogP contribution in [0, 0.1) is 5.92 Å². The minimum absolute atomic E-state index is 0.0421. The van der Waals surface area contributed by atoms with Gasteiger partial charge in [0.1, 0.15) is 17.7 Å². The lowest BCUT2D eigenvalue weighted by atomic mass is 10.1. The van der Waals surface area contributed by atoms with Crippen LogP contribution in [-0.2, 0) is 25.6 Å². The second-order valence-electron chi connectivity index (χ2n) is 10.1. The topological polar surface area (TPSA) is 148 Å². The van der Waals surface area contributed by atoms with E-state index >= 15 is 0 Å². The average molecular weight is 519 g/mol. The molecule has 10 nitrogen and oxygen atoms in total. The summed E-state index contributed by atoms with van der Waals surface area (Å²) in [7, 11) is 0. The van der Waals surface area contributed by atoms with Gasteiger partial charge in [0.05, 0.1) is 19.1 Å². The van der Waals surface area contributed by atoms with Crippen molar-refractivity contribution >= 4 is 29.1 Å². The molecule has 4 N–H and O–H groups in total. The van der Waals surface area contributed by atoms with Crippen LogP contribution in [0.5, 0.6) is 0 Å². The number of carbonyl (C=O) groups is 2. The number of unbranched alkanes of at least 4 members (excludes halogenated alkanes) is 8. The molecule has 0 radical (unpaired) electrons. The van der Waals surface area contributed by atoms with Gasteiger partial charge in [-0.25, -0.2) is 9.97 Å². The number of hydrogen-bond donors (Lipinski definition) is 2. The third kappa shape index (κ3) is 11.5. The van der Waals surface area contributed by atoms with E-state index in [0.29, 0.717) is 37.0 Å². The summed E-state index contributed by atoms with van der Waals surface area (Å²) < 4.78 is 13.0. The van der Waals surface area contributed by atoms with Crippen LogP contribution in [0.25, 0.3) is 11.2 Å². The van der Waals surface area contributed by atoms with Gasteiger partial charge in [0, 0.05) is 25.8 Å². The van der Waals surface area contributed by atoms with Gasteiger partial charge >= 0.3 is 11.9 Å². The lowest BCUT2D eigenvalue weighted by Crippen LogP contribution is -2.39. The molecule has 0 bridgehead atoms. The maximum atomic E-state index is 12.5. The monoisotopic (exact) mass is 518 g/mol. The Balaban J connectivity index is 1.77. The molecule has 2 aromatic heterocycles. The van der Waals surface area contributed by atoms with Gasteiger partial charge in [0.15, 0.2) is 5.65 Å². The van der Waals surface area contributed by atoms with Crippen LogP contribution in [0.3, 0.4) is 0 Å². The predicted molar refractivity (Wildman–Crippen MR) is 144 cm³/mol. The average Bonchev–Trinajstić information content (AvgIpc) is 3.27. The van der Waals surface area contributed by atoms with Crippen molar-refractivity contribution in [1.29, 1.82) is 0 Å². The molecule has 2 heterocycles.